The van der Waals surface area contributed by atoms with Crippen LogP contribution in [-0.4, -0.2) is 16.7 Å². The summed E-state index contributed by atoms with van der Waals surface area (Å²) in [5, 5.41) is 4.51. The van der Waals surface area contributed by atoms with E-state index in [1.165, 1.54) is 0 Å². The van der Waals surface area contributed by atoms with Gasteiger partial charge in [-0.2, -0.15) is 9.61 Å². The van der Waals surface area contributed by atoms with Crippen LogP contribution in [0.15, 0.2) is 22.7 Å². The van der Waals surface area contributed by atoms with E-state index in [9.17, 15) is 0 Å². The monoisotopic (exact) mass is 268 g/mol. The van der Waals surface area contributed by atoms with Gasteiger partial charge in [-0.15, -0.1) is 0 Å². The summed E-state index contributed by atoms with van der Waals surface area (Å²) >= 11 is 3.51. The summed E-state index contributed by atoms with van der Waals surface area (Å²) in [4.78, 5) is 0. The molecule has 0 aromatic carbocycles. The summed E-state index contributed by atoms with van der Waals surface area (Å²) in [7, 11) is 1.65. The van der Waals surface area contributed by atoms with Crippen molar-refractivity contribution in [2.75, 3.05) is 7.11 Å². The molecule has 80 valence electrons. The number of nitrogens with zero attached hydrogens (tertiary/aromatic N) is 2. The second-order valence-electron chi connectivity index (χ2n) is 3.74. The number of rotatable bonds is 2. The minimum absolute atomic E-state index is 0.418. The Kier molecular flexibility index (Phi) is 2.69. The molecule has 0 saturated heterocycles. The van der Waals surface area contributed by atoms with E-state index < -0.39 is 0 Å². The van der Waals surface area contributed by atoms with Gasteiger partial charge >= 0.3 is 0 Å². The SMILES string of the molecule is COc1ccc(Br)c2cc(C(C)C)nn12. The number of ether oxygens (including phenoxy) is 1. The van der Waals surface area contributed by atoms with Crippen LogP contribution in [0.25, 0.3) is 5.52 Å². The molecule has 0 aliphatic carbocycles. The predicted octanol–water partition coefficient (Wildman–Crippen LogP) is 3.23. The summed E-state index contributed by atoms with van der Waals surface area (Å²) in [6.07, 6.45) is 0. The molecule has 0 aliphatic rings. The third-order valence-corrected chi connectivity index (χ3v) is 3.03. The molecular formula is C11H13BrN2O. The Balaban J connectivity index is 2.72. The summed E-state index contributed by atoms with van der Waals surface area (Å²) in [5.74, 6) is 1.17. The van der Waals surface area contributed by atoms with Crippen LogP contribution in [0.5, 0.6) is 5.88 Å². The van der Waals surface area contributed by atoms with Crippen LogP contribution in [0.3, 0.4) is 0 Å². The summed E-state index contributed by atoms with van der Waals surface area (Å²) in [5.41, 5.74) is 2.11. The van der Waals surface area contributed by atoms with Gasteiger partial charge in [-0.1, -0.05) is 13.8 Å². The first kappa shape index (κ1) is 10.5. The maximum Gasteiger partial charge on any atom is 0.214 e. The second kappa shape index (κ2) is 3.85. The average molecular weight is 269 g/mol. The zero-order chi connectivity index (χ0) is 11.0. The van der Waals surface area contributed by atoms with Crippen LogP contribution in [0.2, 0.25) is 0 Å². The van der Waals surface area contributed by atoms with Crippen LogP contribution in [0, 0.1) is 0 Å². The molecule has 0 saturated carbocycles. The highest BCUT2D eigenvalue weighted by molar-refractivity contribution is 9.10. The number of methoxy groups -OCH3 is 1. The van der Waals surface area contributed by atoms with Crippen LogP contribution < -0.4 is 4.74 Å². The van der Waals surface area contributed by atoms with Gasteiger partial charge in [-0.05, 0) is 34.0 Å². The van der Waals surface area contributed by atoms with Crippen molar-refractivity contribution in [3.63, 3.8) is 0 Å². The maximum atomic E-state index is 5.26. The third kappa shape index (κ3) is 1.74. The van der Waals surface area contributed by atoms with Crippen LogP contribution >= 0.6 is 15.9 Å². The molecule has 0 spiro atoms. The van der Waals surface area contributed by atoms with E-state index in [0.29, 0.717) is 5.92 Å². The molecule has 2 aromatic rings. The van der Waals surface area contributed by atoms with Gasteiger partial charge in [0.05, 0.1) is 18.3 Å². The minimum Gasteiger partial charge on any atom is -0.481 e. The quantitative estimate of drug-likeness (QED) is 0.836. The summed E-state index contributed by atoms with van der Waals surface area (Å²) in [6, 6.07) is 5.95. The molecule has 0 atom stereocenters. The molecule has 0 amide bonds. The zero-order valence-electron chi connectivity index (χ0n) is 8.99. The molecule has 0 bridgehead atoms. The average Bonchev–Trinajstić information content (AvgIpc) is 2.64. The van der Waals surface area contributed by atoms with Gasteiger partial charge in [0, 0.05) is 10.5 Å². The lowest BCUT2D eigenvalue weighted by atomic mass is 10.1. The zero-order valence-corrected chi connectivity index (χ0v) is 10.6. The number of hydrogen-bond donors (Lipinski definition) is 0. The topological polar surface area (TPSA) is 26.5 Å². The van der Waals surface area contributed by atoms with Crippen molar-refractivity contribution in [1.82, 2.24) is 9.61 Å². The van der Waals surface area contributed by atoms with E-state index in [-0.39, 0.29) is 0 Å². The number of halogens is 1. The molecule has 3 nitrogen and oxygen atoms in total. The number of fused-ring (bicyclic) bond motifs is 1. The Morgan fingerprint density at radius 2 is 2.13 bits per heavy atom. The van der Waals surface area contributed by atoms with Crippen molar-refractivity contribution in [1.29, 1.82) is 0 Å². The molecule has 0 N–H and O–H groups in total. The van der Waals surface area contributed by atoms with E-state index >= 15 is 0 Å². The van der Waals surface area contributed by atoms with Gasteiger partial charge in [0.25, 0.3) is 0 Å². The highest BCUT2D eigenvalue weighted by Crippen LogP contribution is 2.26. The first-order valence-electron chi connectivity index (χ1n) is 4.85. The number of aromatic nitrogens is 2. The molecule has 2 aromatic heterocycles. The molecule has 0 fully saturated rings. The minimum atomic E-state index is 0.418. The Morgan fingerprint density at radius 1 is 1.40 bits per heavy atom. The van der Waals surface area contributed by atoms with Gasteiger partial charge in [-0.25, -0.2) is 0 Å². The lowest BCUT2D eigenvalue weighted by Crippen LogP contribution is -1.96. The fraction of sp³-hybridized carbons (Fsp3) is 0.364. The van der Waals surface area contributed by atoms with Crippen molar-refractivity contribution < 1.29 is 4.74 Å². The van der Waals surface area contributed by atoms with E-state index in [0.717, 1.165) is 21.6 Å². The van der Waals surface area contributed by atoms with Crippen molar-refractivity contribution in [2.24, 2.45) is 0 Å². The van der Waals surface area contributed by atoms with Gasteiger partial charge in [0.15, 0.2) is 0 Å². The number of pyridine rings is 1. The highest BCUT2D eigenvalue weighted by atomic mass is 79.9. The van der Waals surface area contributed by atoms with E-state index in [4.69, 9.17) is 4.74 Å². The smallest absolute Gasteiger partial charge is 0.214 e. The molecule has 2 heterocycles. The summed E-state index contributed by atoms with van der Waals surface area (Å²) in [6.45, 7) is 4.25. The fourth-order valence-corrected chi connectivity index (χ4v) is 1.89. The predicted molar refractivity (Wildman–Crippen MR) is 63.5 cm³/mol. The lowest BCUT2D eigenvalue weighted by molar-refractivity contribution is 0.385. The van der Waals surface area contributed by atoms with Gasteiger partial charge in [0.1, 0.15) is 0 Å². The standard InChI is InChI=1S/C11H13BrN2O/c1-7(2)9-6-10-8(12)4-5-11(15-3)14(10)13-9/h4-7H,1-3H3. The van der Waals surface area contributed by atoms with Crippen molar-refractivity contribution in [3.05, 3.63) is 28.4 Å². The van der Waals surface area contributed by atoms with Crippen molar-refractivity contribution in [2.45, 2.75) is 19.8 Å². The summed E-state index contributed by atoms with van der Waals surface area (Å²) < 4.78 is 8.10. The molecule has 0 radical (unpaired) electrons. The molecule has 15 heavy (non-hydrogen) atoms. The van der Waals surface area contributed by atoms with E-state index in [1.807, 2.05) is 16.6 Å². The largest absolute Gasteiger partial charge is 0.481 e. The lowest BCUT2D eigenvalue weighted by Gasteiger charge is -2.03. The van der Waals surface area contributed by atoms with E-state index in [2.05, 4.69) is 40.9 Å². The van der Waals surface area contributed by atoms with Crippen molar-refractivity contribution >= 4 is 21.4 Å². The van der Waals surface area contributed by atoms with Gasteiger partial charge < -0.3 is 4.74 Å². The number of hydrogen-bond acceptors (Lipinski definition) is 2. The Bertz CT molecular complexity index is 491. The first-order valence-corrected chi connectivity index (χ1v) is 5.65. The maximum absolute atomic E-state index is 5.26. The Labute approximate surface area is 97.2 Å². The molecule has 2 rings (SSSR count). The molecular weight excluding hydrogens is 256 g/mol. The normalized spacial score (nSPS) is 11.3. The molecule has 4 heteroatoms. The Hall–Kier alpha value is -1.03. The van der Waals surface area contributed by atoms with E-state index in [1.54, 1.807) is 7.11 Å². The Morgan fingerprint density at radius 3 is 2.73 bits per heavy atom. The molecule has 0 aliphatic heterocycles. The van der Waals surface area contributed by atoms with Crippen molar-refractivity contribution in [3.8, 4) is 5.88 Å². The van der Waals surface area contributed by atoms with Crippen LogP contribution in [0.1, 0.15) is 25.5 Å². The fourth-order valence-electron chi connectivity index (χ4n) is 1.47. The molecule has 0 unspecified atom stereocenters. The van der Waals surface area contributed by atoms with Crippen LogP contribution in [0.4, 0.5) is 0 Å². The third-order valence-electron chi connectivity index (χ3n) is 2.35. The highest BCUT2D eigenvalue weighted by Gasteiger charge is 2.10. The van der Waals surface area contributed by atoms with Gasteiger partial charge in [-0.3, -0.25) is 0 Å². The van der Waals surface area contributed by atoms with Crippen LogP contribution in [-0.2, 0) is 0 Å². The van der Waals surface area contributed by atoms with Gasteiger partial charge in [0.2, 0.25) is 5.88 Å². The first-order chi connectivity index (χ1) is 7.13. The second-order valence-corrected chi connectivity index (χ2v) is 4.60.